The Morgan fingerprint density at radius 1 is 0.509 bits per heavy atom. The van der Waals surface area contributed by atoms with Crippen LogP contribution in [0.4, 0.5) is 0 Å². The molecule has 0 rings (SSSR count). The lowest BCUT2D eigenvalue weighted by atomic mass is 10.1. The molecule has 322 valence electrons. The van der Waals surface area contributed by atoms with Gasteiger partial charge in [-0.05, 0) is 90.0 Å². The summed E-state index contributed by atoms with van der Waals surface area (Å²) >= 11 is 0. The lowest BCUT2D eigenvalue weighted by molar-refractivity contribution is -0.149. The third-order valence-electron chi connectivity index (χ3n) is 10.4. The number of carbonyl (C=O) groups is 3. The first-order chi connectivity index (χ1) is 27.0. The first-order valence-electron chi connectivity index (χ1n) is 23.3. The number of esters is 2. The second kappa shape index (κ2) is 42.9. The smallest absolute Gasteiger partial charge is 0.328 e. The maximum atomic E-state index is 13.0. The topological polar surface area (TPSA) is 134 Å². The molecule has 0 aliphatic heterocycles. The zero-order chi connectivity index (χ0) is 40.3. The van der Waals surface area contributed by atoms with Gasteiger partial charge in [0.05, 0.1) is 19.3 Å². The monoisotopic (exact) mass is 776 g/mol. The van der Waals surface area contributed by atoms with Crippen molar-refractivity contribution in [2.45, 2.75) is 238 Å². The summed E-state index contributed by atoms with van der Waals surface area (Å²) < 4.78 is 11.0. The molecule has 0 aliphatic rings. The Morgan fingerprint density at radius 2 is 0.909 bits per heavy atom. The van der Waals surface area contributed by atoms with Crippen LogP contribution in [-0.2, 0) is 23.9 Å². The van der Waals surface area contributed by atoms with E-state index in [2.05, 4.69) is 43.5 Å². The highest BCUT2D eigenvalue weighted by Gasteiger charge is 2.26. The summed E-state index contributed by atoms with van der Waals surface area (Å²) in [7, 11) is 0. The molecule has 0 aromatic rings. The van der Waals surface area contributed by atoms with Crippen molar-refractivity contribution in [1.82, 2.24) is 5.32 Å². The second-order valence-corrected chi connectivity index (χ2v) is 15.8. The van der Waals surface area contributed by atoms with Gasteiger partial charge in [0.15, 0.2) is 0 Å². The molecule has 0 saturated carbocycles. The van der Waals surface area contributed by atoms with Crippen LogP contribution in [0.25, 0.3) is 0 Å². The van der Waals surface area contributed by atoms with E-state index in [0.29, 0.717) is 26.2 Å². The van der Waals surface area contributed by atoms with Crippen LogP contribution in [0, 0.1) is 0 Å². The molecule has 0 fully saturated rings. The number of nitrogens with one attached hydrogen (secondary N) is 1. The molecule has 0 bridgehead atoms. The Labute approximate surface area is 339 Å². The standard InChI is InChI=1S/C47H89N3O5/c1-3-5-7-9-11-13-15-17-19-21-23-25-27-29-31-35-41-54-45(51)39-38-44(50-46(52)43(49)37-33-34-40-48)47(53)55-42-36-32-30-28-26-24-22-20-18-16-14-12-10-8-6-4-2/h17-20,43-44H,3-16,21-42,48-49H2,1-2H3,(H,50,52). The van der Waals surface area contributed by atoms with Gasteiger partial charge in [0.2, 0.25) is 5.91 Å². The predicted octanol–water partition coefficient (Wildman–Crippen LogP) is 11.9. The maximum absolute atomic E-state index is 13.0. The summed E-state index contributed by atoms with van der Waals surface area (Å²) in [6.07, 6.45) is 45.7. The van der Waals surface area contributed by atoms with Gasteiger partial charge >= 0.3 is 11.9 Å². The third kappa shape index (κ3) is 38.5. The summed E-state index contributed by atoms with van der Waals surface area (Å²) in [5.74, 6) is -1.29. The average molecular weight is 776 g/mol. The Balaban J connectivity index is 4.21. The van der Waals surface area contributed by atoms with Gasteiger partial charge in [-0.15, -0.1) is 0 Å². The highest BCUT2D eigenvalue weighted by atomic mass is 16.5. The highest BCUT2D eigenvalue weighted by Crippen LogP contribution is 2.13. The van der Waals surface area contributed by atoms with Gasteiger partial charge in [0, 0.05) is 6.42 Å². The van der Waals surface area contributed by atoms with Crippen LogP contribution in [0.15, 0.2) is 24.3 Å². The van der Waals surface area contributed by atoms with Crippen LogP contribution in [0.1, 0.15) is 226 Å². The van der Waals surface area contributed by atoms with Crippen LogP contribution >= 0.6 is 0 Å². The number of unbranched alkanes of at least 4 members (excludes halogenated alkanes) is 25. The second-order valence-electron chi connectivity index (χ2n) is 15.8. The van der Waals surface area contributed by atoms with Crippen molar-refractivity contribution < 1.29 is 23.9 Å². The Hall–Kier alpha value is -2.19. The summed E-state index contributed by atoms with van der Waals surface area (Å²) in [6.45, 7) is 5.74. The number of hydrogen-bond donors (Lipinski definition) is 3. The molecule has 55 heavy (non-hydrogen) atoms. The van der Waals surface area contributed by atoms with E-state index < -0.39 is 24.0 Å². The van der Waals surface area contributed by atoms with E-state index in [9.17, 15) is 14.4 Å². The number of carbonyl (C=O) groups excluding carboxylic acids is 3. The quantitative estimate of drug-likeness (QED) is 0.0319. The first kappa shape index (κ1) is 52.8. The van der Waals surface area contributed by atoms with Gasteiger partial charge in [-0.25, -0.2) is 4.79 Å². The summed E-state index contributed by atoms with van der Waals surface area (Å²) in [6, 6.07) is -1.67. The van der Waals surface area contributed by atoms with Gasteiger partial charge in [0.1, 0.15) is 6.04 Å². The van der Waals surface area contributed by atoms with E-state index in [1.54, 1.807) is 0 Å². The van der Waals surface area contributed by atoms with Crippen molar-refractivity contribution >= 4 is 17.8 Å². The van der Waals surface area contributed by atoms with Gasteiger partial charge in [-0.3, -0.25) is 9.59 Å². The number of amides is 1. The number of ether oxygens (including phenoxy) is 2. The minimum atomic E-state index is -0.930. The SMILES string of the molecule is CCCCCCCCC=CCCCCCCCCOC(=O)CCC(NC(=O)C(N)CCCCN)C(=O)OCCCCCCCCC=CCCCCCCCC. The fourth-order valence-corrected chi connectivity index (χ4v) is 6.66. The van der Waals surface area contributed by atoms with Crippen molar-refractivity contribution in [2.75, 3.05) is 19.8 Å². The highest BCUT2D eigenvalue weighted by molar-refractivity contribution is 5.87. The van der Waals surface area contributed by atoms with Crippen LogP contribution in [0.3, 0.4) is 0 Å². The molecule has 0 saturated heterocycles. The molecule has 0 aromatic carbocycles. The van der Waals surface area contributed by atoms with Gasteiger partial charge in [0.25, 0.3) is 0 Å². The molecule has 0 aliphatic carbocycles. The summed E-state index contributed by atoms with van der Waals surface area (Å²) in [5.41, 5.74) is 11.7. The first-order valence-corrected chi connectivity index (χ1v) is 23.3. The summed E-state index contributed by atoms with van der Waals surface area (Å²) in [5, 5.41) is 2.74. The molecular weight excluding hydrogens is 687 g/mol. The van der Waals surface area contributed by atoms with Crippen molar-refractivity contribution in [3.05, 3.63) is 24.3 Å². The molecule has 2 atom stereocenters. The van der Waals surface area contributed by atoms with Crippen molar-refractivity contribution in [1.29, 1.82) is 0 Å². The number of nitrogens with two attached hydrogens (primary N) is 2. The normalized spacial score (nSPS) is 12.7. The zero-order valence-corrected chi connectivity index (χ0v) is 36.1. The summed E-state index contributed by atoms with van der Waals surface area (Å²) in [4.78, 5) is 38.3. The maximum Gasteiger partial charge on any atom is 0.328 e. The molecular formula is C47H89N3O5. The van der Waals surface area contributed by atoms with E-state index in [0.717, 1.165) is 57.8 Å². The Morgan fingerprint density at radius 3 is 1.35 bits per heavy atom. The molecule has 0 aromatic heterocycles. The number of hydrogen-bond acceptors (Lipinski definition) is 7. The van der Waals surface area contributed by atoms with E-state index >= 15 is 0 Å². The fraction of sp³-hybridized carbons (Fsp3) is 0.851. The number of allylic oxidation sites excluding steroid dienone is 4. The molecule has 5 N–H and O–H groups in total. The number of rotatable bonds is 42. The largest absolute Gasteiger partial charge is 0.466 e. The van der Waals surface area contributed by atoms with Crippen LogP contribution in [0.2, 0.25) is 0 Å². The molecule has 1 amide bonds. The van der Waals surface area contributed by atoms with E-state index in [4.69, 9.17) is 20.9 Å². The molecule has 2 unspecified atom stereocenters. The molecule has 0 spiro atoms. The van der Waals surface area contributed by atoms with E-state index in [1.165, 1.54) is 135 Å². The molecule has 0 radical (unpaired) electrons. The third-order valence-corrected chi connectivity index (χ3v) is 10.4. The van der Waals surface area contributed by atoms with Gasteiger partial charge in [-0.2, -0.15) is 0 Å². The molecule has 8 nitrogen and oxygen atoms in total. The Bertz CT molecular complexity index is 924. The van der Waals surface area contributed by atoms with E-state index in [1.807, 2.05) is 0 Å². The van der Waals surface area contributed by atoms with Gasteiger partial charge < -0.3 is 26.3 Å². The predicted molar refractivity (Wildman–Crippen MR) is 233 cm³/mol. The van der Waals surface area contributed by atoms with Crippen LogP contribution in [0.5, 0.6) is 0 Å². The van der Waals surface area contributed by atoms with Crippen molar-refractivity contribution in [2.24, 2.45) is 11.5 Å². The van der Waals surface area contributed by atoms with Crippen LogP contribution < -0.4 is 16.8 Å². The van der Waals surface area contributed by atoms with Crippen molar-refractivity contribution in [3.63, 3.8) is 0 Å². The Kier molecular flexibility index (Phi) is 41.2. The van der Waals surface area contributed by atoms with Gasteiger partial charge in [-0.1, -0.05) is 160 Å². The minimum Gasteiger partial charge on any atom is -0.466 e. The minimum absolute atomic E-state index is 0.0308. The lowest BCUT2D eigenvalue weighted by Gasteiger charge is -2.20. The average Bonchev–Trinajstić information content (AvgIpc) is 3.18. The van der Waals surface area contributed by atoms with Crippen LogP contribution in [-0.4, -0.2) is 49.7 Å². The van der Waals surface area contributed by atoms with Crippen molar-refractivity contribution in [3.8, 4) is 0 Å². The van der Waals surface area contributed by atoms with E-state index in [-0.39, 0.29) is 18.8 Å². The fourth-order valence-electron chi connectivity index (χ4n) is 6.66. The lowest BCUT2D eigenvalue weighted by Crippen LogP contribution is -2.49. The molecule has 8 heteroatoms. The molecule has 0 heterocycles. The zero-order valence-electron chi connectivity index (χ0n) is 36.1.